The molecule has 3 aliphatic rings. The number of aromatic amines is 1. The topological polar surface area (TPSA) is 161 Å². The molecule has 0 radical (unpaired) electrons. The summed E-state index contributed by atoms with van der Waals surface area (Å²) in [5.41, 5.74) is 3.55. The molecule has 3 atom stereocenters. The van der Waals surface area contributed by atoms with Crippen molar-refractivity contribution in [2.45, 2.75) is 63.7 Å². The fourth-order valence-corrected chi connectivity index (χ4v) is 7.38. The smallest absolute Gasteiger partial charge is 0.300 e. The van der Waals surface area contributed by atoms with E-state index < -0.39 is 27.0 Å². The van der Waals surface area contributed by atoms with Crippen LogP contribution < -0.4 is 0 Å². The molecule has 0 saturated carbocycles. The zero-order valence-electron chi connectivity index (χ0n) is 20.3. The van der Waals surface area contributed by atoms with Gasteiger partial charge in [0.1, 0.15) is 0 Å². The van der Waals surface area contributed by atoms with Crippen LogP contribution in [0.5, 0.6) is 0 Å². The minimum atomic E-state index is -3.11. The van der Waals surface area contributed by atoms with E-state index in [1.807, 2.05) is 19.0 Å². The summed E-state index contributed by atoms with van der Waals surface area (Å²) >= 11 is 0. The van der Waals surface area contributed by atoms with Crippen molar-refractivity contribution in [3.05, 3.63) is 17.0 Å². The van der Waals surface area contributed by atoms with Crippen LogP contribution in [-0.4, -0.2) is 101 Å². The molecule has 1 aliphatic carbocycles. The number of carbonyl (C=O) groups excluding carboxylic acids is 1. The molecule has 2 fully saturated rings. The number of carbonyl (C=O) groups is 3. The first-order valence-corrected chi connectivity index (χ1v) is 13.1. The van der Waals surface area contributed by atoms with Gasteiger partial charge in [0.15, 0.2) is 9.84 Å². The SMILES string of the molecule is CC(=O)O.CC(=O)O.CN(C)[C@@H]1CS(=O)(=O)[C@H]2CN(C(=O)CCc3n[nH]c4c3CCCC4)C[C@@H]12. The molecule has 2 saturated heterocycles. The van der Waals surface area contributed by atoms with E-state index in [0.717, 1.165) is 32.4 Å². The summed E-state index contributed by atoms with van der Waals surface area (Å²) in [5.74, 6) is -1.35. The minimum absolute atomic E-state index is 0.0150. The Morgan fingerprint density at radius 3 is 2.26 bits per heavy atom. The van der Waals surface area contributed by atoms with Gasteiger partial charge in [0.05, 0.1) is 16.7 Å². The highest BCUT2D eigenvalue weighted by Crippen LogP contribution is 2.36. The Hall–Kier alpha value is -2.47. The van der Waals surface area contributed by atoms with E-state index in [9.17, 15) is 13.2 Å². The van der Waals surface area contributed by atoms with Gasteiger partial charge in [-0.2, -0.15) is 5.10 Å². The number of aryl methyl sites for hydroxylation is 2. The number of aromatic nitrogens is 2. The standard InChI is InChI=1S/C18H28N4O3S.2C2H4O2/c1-21(2)16-11-26(24,25)17-10-22(9-13(16)17)18(23)8-7-15-12-5-3-4-6-14(12)19-20-15;2*1-2(3)4/h13,16-17H,3-11H2,1-2H3,(H,19,20);2*1H3,(H,3,4)/t13-,16+,17-;;/m0../s1. The Kier molecular flexibility index (Phi) is 9.63. The Balaban J connectivity index is 0.000000446. The summed E-state index contributed by atoms with van der Waals surface area (Å²) in [7, 11) is 0.741. The molecular weight excluding hydrogens is 464 g/mol. The molecule has 4 rings (SSSR count). The molecule has 34 heavy (non-hydrogen) atoms. The zero-order valence-corrected chi connectivity index (χ0v) is 21.1. The number of sulfone groups is 1. The second kappa shape index (κ2) is 11.8. The quantitative estimate of drug-likeness (QED) is 0.537. The predicted molar refractivity (Wildman–Crippen MR) is 125 cm³/mol. The third-order valence-corrected chi connectivity index (χ3v) is 8.63. The Morgan fingerprint density at radius 1 is 1.09 bits per heavy atom. The van der Waals surface area contributed by atoms with Crippen molar-refractivity contribution in [1.82, 2.24) is 20.0 Å². The molecule has 0 bridgehead atoms. The minimum Gasteiger partial charge on any atom is -0.481 e. The Labute approximate surface area is 200 Å². The van der Waals surface area contributed by atoms with Crippen LogP contribution >= 0.6 is 0 Å². The van der Waals surface area contributed by atoms with E-state index in [1.54, 1.807) is 4.90 Å². The number of rotatable bonds is 4. The molecule has 3 heterocycles. The van der Waals surface area contributed by atoms with Gasteiger partial charge in [0.2, 0.25) is 5.91 Å². The first-order valence-electron chi connectivity index (χ1n) is 11.4. The maximum atomic E-state index is 12.7. The van der Waals surface area contributed by atoms with Gasteiger partial charge in [-0.3, -0.25) is 19.5 Å². The van der Waals surface area contributed by atoms with Crippen molar-refractivity contribution in [2.75, 3.05) is 32.9 Å². The van der Waals surface area contributed by atoms with Crippen LogP contribution in [0.3, 0.4) is 0 Å². The predicted octanol–water partition coefficient (Wildman–Crippen LogP) is 0.589. The molecule has 3 N–H and O–H groups in total. The van der Waals surface area contributed by atoms with Crippen LogP contribution in [-0.2, 0) is 43.5 Å². The number of hydrogen-bond acceptors (Lipinski definition) is 7. The molecule has 0 aromatic carbocycles. The van der Waals surface area contributed by atoms with E-state index in [1.165, 1.54) is 24.1 Å². The van der Waals surface area contributed by atoms with Gasteiger partial charge in [-0.1, -0.05) is 0 Å². The van der Waals surface area contributed by atoms with E-state index in [-0.39, 0.29) is 23.6 Å². The number of likely N-dealkylation sites (tertiary alicyclic amines) is 1. The van der Waals surface area contributed by atoms with Gasteiger partial charge in [0, 0.05) is 57.4 Å². The van der Waals surface area contributed by atoms with Crippen molar-refractivity contribution in [3.8, 4) is 0 Å². The van der Waals surface area contributed by atoms with Crippen LogP contribution in [0.1, 0.15) is 50.1 Å². The summed E-state index contributed by atoms with van der Waals surface area (Å²) in [5, 5.41) is 22.0. The number of amides is 1. The Morgan fingerprint density at radius 2 is 1.68 bits per heavy atom. The molecule has 11 nitrogen and oxygen atoms in total. The first-order chi connectivity index (χ1) is 15.8. The van der Waals surface area contributed by atoms with E-state index in [0.29, 0.717) is 25.9 Å². The third kappa shape index (κ3) is 7.26. The number of carboxylic acids is 2. The highest BCUT2D eigenvalue weighted by Gasteiger charge is 2.53. The van der Waals surface area contributed by atoms with Crippen molar-refractivity contribution in [1.29, 1.82) is 0 Å². The number of carboxylic acid groups (broad SMARTS) is 2. The summed E-state index contributed by atoms with van der Waals surface area (Å²) in [4.78, 5) is 34.5. The number of nitrogens with zero attached hydrogens (tertiary/aromatic N) is 3. The molecule has 1 aromatic rings. The van der Waals surface area contributed by atoms with Gasteiger partial charge in [0.25, 0.3) is 11.9 Å². The lowest BCUT2D eigenvalue weighted by molar-refractivity contribution is -0.135. The highest BCUT2D eigenvalue weighted by atomic mass is 32.2. The van der Waals surface area contributed by atoms with Crippen LogP contribution in [0, 0.1) is 5.92 Å². The molecule has 1 amide bonds. The fourth-order valence-electron chi connectivity index (χ4n) is 4.91. The van der Waals surface area contributed by atoms with Crippen LogP contribution in [0.25, 0.3) is 0 Å². The fraction of sp³-hybridized carbons (Fsp3) is 0.727. The second-order valence-electron chi connectivity index (χ2n) is 9.23. The molecule has 2 aliphatic heterocycles. The molecule has 192 valence electrons. The summed E-state index contributed by atoms with van der Waals surface area (Å²) in [6, 6.07) is 0.0150. The van der Waals surface area contributed by atoms with Gasteiger partial charge in [-0.25, -0.2) is 8.42 Å². The van der Waals surface area contributed by atoms with Crippen molar-refractivity contribution in [3.63, 3.8) is 0 Å². The second-order valence-corrected chi connectivity index (χ2v) is 11.5. The molecular formula is C22H36N4O7S. The van der Waals surface area contributed by atoms with Gasteiger partial charge in [-0.05, 0) is 45.3 Å². The van der Waals surface area contributed by atoms with Crippen LogP contribution in [0.2, 0.25) is 0 Å². The van der Waals surface area contributed by atoms with Crippen molar-refractivity contribution in [2.24, 2.45) is 5.92 Å². The number of hydrogen-bond donors (Lipinski definition) is 3. The summed E-state index contributed by atoms with van der Waals surface area (Å²) < 4.78 is 24.9. The average molecular weight is 501 g/mol. The van der Waals surface area contributed by atoms with E-state index in [4.69, 9.17) is 19.8 Å². The van der Waals surface area contributed by atoms with Gasteiger partial charge < -0.3 is 20.0 Å². The zero-order chi connectivity index (χ0) is 25.6. The van der Waals surface area contributed by atoms with Gasteiger partial charge in [-0.15, -0.1) is 0 Å². The molecule has 0 unspecified atom stereocenters. The lowest BCUT2D eigenvalue weighted by Crippen LogP contribution is -2.38. The molecule has 12 heteroatoms. The van der Waals surface area contributed by atoms with Gasteiger partial charge >= 0.3 is 0 Å². The number of aliphatic carboxylic acids is 2. The normalized spacial score (nSPS) is 24.3. The lowest BCUT2D eigenvalue weighted by Gasteiger charge is -2.25. The largest absolute Gasteiger partial charge is 0.481 e. The van der Waals surface area contributed by atoms with Crippen molar-refractivity contribution < 1.29 is 33.0 Å². The Bertz CT molecular complexity index is 969. The molecule has 0 spiro atoms. The van der Waals surface area contributed by atoms with E-state index in [2.05, 4.69) is 10.2 Å². The summed E-state index contributed by atoms with van der Waals surface area (Å²) in [6.07, 6.45) is 5.53. The lowest BCUT2D eigenvalue weighted by atomic mass is 9.94. The number of H-pyrrole nitrogens is 1. The van der Waals surface area contributed by atoms with Crippen LogP contribution in [0.4, 0.5) is 0 Å². The monoisotopic (exact) mass is 500 g/mol. The summed E-state index contributed by atoms with van der Waals surface area (Å²) in [6.45, 7) is 3.08. The number of fused-ring (bicyclic) bond motifs is 2. The molecule has 1 aromatic heterocycles. The average Bonchev–Trinajstić information content (AvgIpc) is 3.39. The third-order valence-electron chi connectivity index (χ3n) is 6.40. The first kappa shape index (κ1) is 27.8. The van der Waals surface area contributed by atoms with Crippen LogP contribution in [0.15, 0.2) is 0 Å². The van der Waals surface area contributed by atoms with E-state index >= 15 is 0 Å². The maximum Gasteiger partial charge on any atom is 0.300 e. The van der Waals surface area contributed by atoms with Crippen molar-refractivity contribution >= 4 is 27.7 Å². The maximum absolute atomic E-state index is 12.7. The highest BCUT2D eigenvalue weighted by molar-refractivity contribution is 7.92. The number of nitrogens with one attached hydrogen (secondary N) is 1.